The van der Waals surface area contributed by atoms with Gasteiger partial charge in [0, 0.05) is 33.4 Å². The van der Waals surface area contributed by atoms with E-state index in [0.717, 1.165) is 48.3 Å². The number of fused-ring (bicyclic) bond motifs is 13. The Labute approximate surface area is 475 Å². The summed E-state index contributed by atoms with van der Waals surface area (Å²) in [6.07, 6.45) is 4.46. The summed E-state index contributed by atoms with van der Waals surface area (Å²) >= 11 is 0. The lowest BCUT2D eigenvalue weighted by atomic mass is 9.70. The molecule has 0 bridgehead atoms. The molecule has 0 radical (unpaired) electrons. The first-order valence-corrected chi connectivity index (χ1v) is 28.9. The molecular formula is C79H60N2. The summed E-state index contributed by atoms with van der Waals surface area (Å²) in [7, 11) is 0. The Morgan fingerprint density at radius 3 is 1.25 bits per heavy atom. The Morgan fingerprint density at radius 2 is 0.728 bits per heavy atom. The van der Waals surface area contributed by atoms with Crippen molar-refractivity contribution in [2.45, 2.75) is 44.9 Å². The molecule has 2 aliphatic rings. The van der Waals surface area contributed by atoms with E-state index >= 15 is 0 Å². The maximum absolute atomic E-state index is 2.50. The van der Waals surface area contributed by atoms with Crippen LogP contribution in [0.3, 0.4) is 0 Å². The average molecular weight is 1040 g/mol. The molecule has 0 unspecified atom stereocenters. The van der Waals surface area contributed by atoms with Crippen LogP contribution in [0.4, 0.5) is 17.1 Å². The van der Waals surface area contributed by atoms with Gasteiger partial charge in [0.25, 0.3) is 0 Å². The highest BCUT2D eigenvalue weighted by Gasteiger charge is 2.51. The summed E-state index contributed by atoms with van der Waals surface area (Å²) in [5.74, 6) is 0. The standard InChI is InChI=1S/C79H60N2/c1-3-17-53-29-46-77-70(49-53)71-50-54(18-4-2)30-47-78(71)81(77)63-42-37-59(38-43-63)57-33-31-56(32-34-57)58-35-40-62(41-36-58)80(76-48-39-61(55-19-7-5-8-20-55)51-69(76)60-21-9-6-10-22-60)64-44-45-68-67-25-13-16-28-74(67)79(75(68)52-64)72-26-14-11-23-65(72)66-24-12-15-27-73(66)79/h5-16,19-52H,3-4,17-18H2,1-2H3. The third kappa shape index (κ3) is 7.92. The molecular weight excluding hydrogens is 977 g/mol. The van der Waals surface area contributed by atoms with Gasteiger partial charge in [0.1, 0.15) is 0 Å². The van der Waals surface area contributed by atoms with Crippen LogP contribution >= 0.6 is 0 Å². The molecule has 0 saturated heterocycles. The third-order valence-corrected chi connectivity index (χ3v) is 17.4. The number of nitrogens with zero attached hydrogens (tertiary/aromatic N) is 2. The van der Waals surface area contributed by atoms with E-state index in [4.69, 9.17) is 0 Å². The second-order valence-electron chi connectivity index (χ2n) is 22.1. The smallest absolute Gasteiger partial charge is 0.0726 e. The van der Waals surface area contributed by atoms with Gasteiger partial charge < -0.3 is 9.47 Å². The van der Waals surface area contributed by atoms with Crippen molar-refractivity contribution in [2.24, 2.45) is 0 Å². The predicted molar refractivity (Wildman–Crippen MR) is 341 cm³/mol. The normalized spacial score (nSPS) is 12.6. The summed E-state index contributed by atoms with van der Waals surface area (Å²) < 4.78 is 2.45. The Bertz CT molecular complexity index is 4380. The van der Waals surface area contributed by atoms with Crippen LogP contribution < -0.4 is 4.90 Å². The minimum atomic E-state index is -0.470. The lowest BCUT2D eigenvalue weighted by Gasteiger charge is -2.33. The van der Waals surface area contributed by atoms with E-state index in [0.29, 0.717) is 0 Å². The molecule has 1 spiro atoms. The number of anilines is 3. The van der Waals surface area contributed by atoms with Crippen LogP contribution in [0.2, 0.25) is 0 Å². The molecule has 1 aromatic heterocycles. The molecule has 12 aromatic carbocycles. The number of rotatable bonds is 12. The highest BCUT2D eigenvalue weighted by molar-refractivity contribution is 6.10. The van der Waals surface area contributed by atoms with Crippen molar-refractivity contribution in [3.8, 4) is 72.4 Å². The van der Waals surface area contributed by atoms with Crippen LogP contribution in [-0.2, 0) is 18.3 Å². The monoisotopic (exact) mass is 1040 g/mol. The van der Waals surface area contributed by atoms with Crippen LogP contribution in [0.5, 0.6) is 0 Å². The van der Waals surface area contributed by atoms with Gasteiger partial charge in [0.05, 0.1) is 22.1 Å². The zero-order valence-electron chi connectivity index (χ0n) is 45.8. The number of aromatic nitrogens is 1. The third-order valence-electron chi connectivity index (χ3n) is 17.4. The van der Waals surface area contributed by atoms with Gasteiger partial charge in [-0.15, -0.1) is 0 Å². The van der Waals surface area contributed by atoms with Crippen molar-refractivity contribution in [1.82, 2.24) is 4.57 Å². The van der Waals surface area contributed by atoms with Gasteiger partial charge in [0.15, 0.2) is 0 Å². The molecule has 2 aliphatic carbocycles. The largest absolute Gasteiger partial charge is 0.310 e. The minimum absolute atomic E-state index is 0.470. The van der Waals surface area contributed by atoms with Gasteiger partial charge in [-0.3, -0.25) is 0 Å². The zero-order valence-corrected chi connectivity index (χ0v) is 45.8. The fourth-order valence-electron chi connectivity index (χ4n) is 13.8. The predicted octanol–water partition coefficient (Wildman–Crippen LogP) is 21.2. The lowest BCUT2D eigenvalue weighted by Crippen LogP contribution is -2.26. The van der Waals surface area contributed by atoms with Gasteiger partial charge in [-0.05, 0) is 180 Å². The first kappa shape index (κ1) is 48.4. The number of aryl methyl sites for hydroxylation is 2. The van der Waals surface area contributed by atoms with E-state index in [2.05, 4.69) is 302 Å². The Balaban J connectivity index is 0.817. The second kappa shape index (κ2) is 19.9. The molecule has 386 valence electrons. The van der Waals surface area contributed by atoms with E-state index in [1.54, 1.807) is 0 Å². The molecule has 2 heteroatoms. The molecule has 1 heterocycles. The Hall–Kier alpha value is -9.76. The number of benzene rings is 12. The maximum Gasteiger partial charge on any atom is 0.0726 e. The fraction of sp³-hybridized carbons (Fsp3) is 0.0886. The molecule has 15 rings (SSSR count). The summed E-state index contributed by atoms with van der Waals surface area (Å²) in [5.41, 5.74) is 29.3. The number of hydrogen-bond donors (Lipinski definition) is 0. The van der Waals surface area contributed by atoms with Crippen molar-refractivity contribution in [3.05, 3.63) is 312 Å². The van der Waals surface area contributed by atoms with Gasteiger partial charge in [-0.2, -0.15) is 0 Å². The van der Waals surface area contributed by atoms with Gasteiger partial charge >= 0.3 is 0 Å². The lowest BCUT2D eigenvalue weighted by molar-refractivity contribution is 0.793. The van der Waals surface area contributed by atoms with Crippen molar-refractivity contribution in [1.29, 1.82) is 0 Å². The summed E-state index contributed by atoms with van der Waals surface area (Å²) in [6.45, 7) is 4.53. The highest BCUT2D eigenvalue weighted by Crippen LogP contribution is 2.63. The second-order valence-corrected chi connectivity index (χ2v) is 22.1. The first-order valence-electron chi connectivity index (χ1n) is 28.9. The highest BCUT2D eigenvalue weighted by atomic mass is 15.1. The minimum Gasteiger partial charge on any atom is -0.310 e. The van der Waals surface area contributed by atoms with Gasteiger partial charge in [0.2, 0.25) is 0 Å². The molecule has 2 nitrogen and oxygen atoms in total. The SMILES string of the molecule is CCCc1ccc2c(c1)c1cc(CCC)ccc1n2-c1ccc(-c2ccc(-c3ccc(N(c4ccc5c(c4)C4(c6ccccc6-c6ccccc64)c4ccccc4-5)c4ccc(-c5ccccc5)cc4-c4ccccc4)cc3)cc2)cc1. The van der Waals surface area contributed by atoms with Crippen molar-refractivity contribution < 1.29 is 0 Å². The molecule has 0 atom stereocenters. The van der Waals surface area contributed by atoms with E-state index in [1.165, 1.54) is 122 Å². The molecule has 81 heavy (non-hydrogen) atoms. The zero-order chi connectivity index (χ0) is 54.0. The van der Waals surface area contributed by atoms with Crippen LogP contribution in [0.15, 0.2) is 279 Å². The van der Waals surface area contributed by atoms with E-state index in [1.807, 2.05) is 0 Å². The maximum atomic E-state index is 2.50. The van der Waals surface area contributed by atoms with Crippen LogP contribution in [0, 0.1) is 0 Å². The van der Waals surface area contributed by atoms with Crippen LogP contribution in [0.25, 0.3) is 94.3 Å². The van der Waals surface area contributed by atoms with E-state index in [-0.39, 0.29) is 0 Å². The summed E-state index contributed by atoms with van der Waals surface area (Å²) in [6, 6.07) is 105. The summed E-state index contributed by atoms with van der Waals surface area (Å²) in [5, 5.41) is 2.68. The number of hydrogen-bond acceptors (Lipinski definition) is 1. The quantitative estimate of drug-likeness (QED) is 0.118. The average Bonchev–Trinajstić information content (AvgIpc) is 2.44. The molecule has 0 amide bonds. The van der Waals surface area contributed by atoms with E-state index in [9.17, 15) is 0 Å². The Kier molecular flexibility index (Phi) is 11.9. The van der Waals surface area contributed by atoms with Crippen molar-refractivity contribution in [3.63, 3.8) is 0 Å². The van der Waals surface area contributed by atoms with Crippen LogP contribution in [0.1, 0.15) is 60.1 Å². The summed E-state index contributed by atoms with van der Waals surface area (Å²) in [4.78, 5) is 2.49. The topological polar surface area (TPSA) is 8.17 Å². The molecule has 0 saturated carbocycles. The molecule has 0 N–H and O–H groups in total. The fourth-order valence-corrected chi connectivity index (χ4v) is 13.8. The molecule has 13 aromatic rings. The van der Waals surface area contributed by atoms with Crippen molar-refractivity contribution >= 4 is 38.9 Å². The van der Waals surface area contributed by atoms with E-state index < -0.39 is 5.41 Å². The Morgan fingerprint density at radius 1 is 0.309 bits per heavy atom. The van der Waals surface area contributed by atoms with Crippen LogP contribution in [-0.4, -0.2) is 4.57 Å². The first-order chi connectivity index (χ1) is 40.1. The molecule has 0 aliphatic heterocycles. The van der Waals surface area contributed by atoms with Crippen molar-refractivity contribution in [2.75, 3.05) is 4.90 Å². The molecule has 0 fully saturated rings. The van der Waals surface area contributed by atoms with Gasteiger partial charge in [-0.1, -0.05) is 233 Å². The van der Waals surface area contributed by atoms with Gasteiger partial charge in [-0.25, -0.2) is 0 Å².